The third-order valence-electron chi connectivity index (χ3n) is 3.24. The smallest absolute Gasteiger partial charge is 0.433 e. The molecule has 1 aliphatic heterocycles. The fourth-order valence-corrected chi connectivity index (χ4v) is 2.14. The van der Waals surface area contributed by atoms with Crippen LogP contribution in [0.4, 0.5) is 13.2 Å². The van der Waals surface area contributed by atoms with Crippen molar-refractivity contribution >= 4 is 11.8 Å². The number of aromatic nitrogens is 2. The molecule has 0 unspecified atom stereocenters. The number of rotatable bonds is 3. The molecule has 0 atom stereocenters. The zero-order chi connectivity index (χ0) is 16.3. The Bertz CT molecular complexity index is 752. The largest absolute Gasteiger partial charge is 0.437 e. The zero-order valence-corrected chi connectivity index (χ0v) is 11.9. The average Bonchev–Trinajstić information content (AvgIpc) is 2.56. The molecule has 118 valence electrons. The van der Waals surface area contributed by atoms with E-state index in [0.29, 0.717) is 18.8 Å². The Hall–Kier alpha value is -2.70. The van der Waals surface area contributed by atoms with E-state index in [2.05, 4.69) is 15.0 Å². The van der Waals surface area contributed by atoms with Gasteiger partial charge in [-0.3, -0.25) is 4.99 Å². The molecule has 2 aromatic rings. The molecule has 0 amide bonds. The number of dihydropyridines is 1. The summed E-state index contributed by atoms with van der Waals surface area (Å²) in [6, 6.07) is 5.74. The molecular weight excluding hydrogens is 307 g/mol. The standard InChI is InChI=1S/C16H12F3N3O/c17-16(18,19)14-4-3-12(10-22-14)23-15-13(2-1-7-21-15)11-5-8-20-9-6-11/h1-5,7,9-10H,6,8H2. The van der Waals surface area contributed by atoms with Gasteiger partial charge in [0.05, 0.1) is 12.7 Å². The van der Waals surface area contributed by atoms with E-state index < -0.39 is 11.9 Å². The van der Waals surface area contributed by atoms with Gasteiger partial charge in [-0.15, -0.1) is 0 Å². The minimum absolute atomic E-state index is 0.197. The van der Waals surface area contributed by atoms with Gasteiger partial charge >= 0.3 is 6.18 Å². The first kappa shape index (κ1) is 15.2. The Balaban J connectivity index is 1.85. The van der Waals surface area contributed by atoms with Gasteiger partial charge in [-0.1, -0.05) is 6.08 Å². The summed E-state index contributed by atoms with van der Waals surface area (Å²) in [5.41, 5.74) is 0.846. The number of alkyl halides is 3. The van der Waals surface area contributed by atoms with Crippen molar-refractivity contribution in [3.63, 3.8) is 0 Å². The van der Waals surface area contributed by atoms with E-state index in [1.807, 2.05) is 18.4 Å². The average molecular weight is 319 g/mol. The van der Waals surface area contributed by atoms with E-state index in [4.69, 9.17) is 4.74 Å². The summed E-state index contributed by atoms with van der Waals surface area (Å²) in [6.07, 6.45) is 2.57. The molecule has 1 aliphatic rings. The molecule has 0 radical (unpaired) electrons. The second-order valence-electron chi connectivity index (χ2n) is 4.82. The number of ether oxygens (including phenoxy) is 1. The van der Waals surface area contributed by atoms with E-state index in [1.165, 1.54) is 6.07 Å². The molecular formula is C16H12F3N3O. The van der Waals surface area contributed by atoms with E-state index in [9.17, 15) is 13.2 Å². The highest BCUT2D eigenvalue weighted by molar-refractivity contribution is 5.83. The lowest BCUT2D eigenvalue weighted by Gasteiger charge is -2.13. The summed E-state index contributed by atoms with van der Waals surface area (Å²) in [7, 11) is 0. The van der Waals surface area contributed by atoms with Crippen LogP contribution in [0.3, 0.4) is 0 Å². The van der Waals surface area contributed by atoms with Gasteiger partial charge in [0.25, 0.3) is 0 Å². The van der Waals surface area contributed by atoms with Crippen molar-refractivity contribution in [2.24, 2.45) is 4.99 Å². The first-order valence-electron chi connectivity index (χ1n) is 6.88. The lowest BCUT2D eigenvalue weighted by atomic mass is 10.0. The van der Waals surface area contributed by atoms with E-state index in [-0.39, 0.29) is 5.75 Å². The molecule has 0 N–H and O–H groups in total. The quantitative estimate of drug-likeness (QED) is 0.854. The van der Waals surface area contributed by atoms with E-state index >= 15 is 0 Å². The highest BCUT2D eigenvalue weighted by atomic mass is 19.4. The number of aliphatic imine (C=N–C) groups is 1. The van der Waals surface area contributed by atoms with Crippen LogP contribution in [0.15, 0.2) is 47.7 Å². The van der Waals surface area contributed by atoms with Crippen LogP contribution >= 0.6 is 0 Å². The van der Waals surface area contributed by atoms with Crippen molar-refractivity contribution in [3.8, 4) is 11.6 Å². The Morgan fingerprint density at radius 2 is 1.96 bits per heavy atom. The lowest BCUT2D eigenvalue weighted by molar-refractivity contribution is -0.141. The number of hydrogen-bond acceptors (Lipinski definition) is 4. The van der Waals surface area contributed by atoms with Gasteiger partial charge in [-0.25, -0.2) is 9.97 Å². The number of halogens is 3. The number of allylic oxidation sites excluding steroid dienone is 1. The Labute approximate surface area is 130 Å². The molecule has 7 heteroatoms. The molecule has 2 aromatic heterocycles. The summed E-state index contributed by atoms with van der Waals surface area (Å²) in [6.45, 7) is 0.589. The minimum atomic E-state index is -4.47. The first-order chi connectivity index (χ1) is 11.0. The lowest BCUT2D eigenvalue weighted by Crippen LogP contribution is -2.07. The maximum absolute atomic E-state index is 12.5. The van der Waals surface area contributed by atoms with Crippen LogP contribution in [0.1, 0.15) is 17.7 Å². The molecule has 23 heavy (non-hydrogen) atoms. The molecule has 3 heterocycles. The zero-order valence-electron chi connectivity index (χ0n) is 11.9. The molecule has 0 spiro atoms. The molecule has 4 nitrogen and oxygen atoms in total. The summed E-state index contributed by atoms with van der Waals surface area (Å²) < 4.78 is 43.2. The maximum atomic E-state index is 12.5. The van der Waals surface area contributed by atoms with Crippen LogP contribution in [0.5, 0.6) is 11.6 Å². The van der Waals surface area contributed by atoms with E-state index in [1.54, 1.807) is 12.3 Å². The SMILES string of the molecule is FC(F)(F)c1ccc(Oc2ncccc2C2=CCN=CC2)cn1. The number of hydrogen-bond donors (Lipinski definition) is 0. The van der Waals surface area contributed by atoms with Crippen molar-refractivity contribution in [1.82, 2.24) is 9.97 Å². The summed E-state index contributed by atoms with van der Waals surface area (Å²) in [4.78, 5) is 11.7. The normalized spacial score (nSPS) is 14.5. The van der Waals surface area contributed by atoms with Gasteiger partial charge in [0.1, 0.15) is 11.4 Å². The van der Waals surface area contributed by atoms with Crippen LogP contribution in [-0.2, 0) is 6.18 Å². The van der Waals surface area contributed by atoms with Gasteiger partial charge in [-0.05, 0) is 29.8 Å². The summed E-state index contributed by atoms with van der Waals surface area (Å²) in [5.74, 6) is 0.527. The van der Waals surface area contributed by atoms with Crippen LogP contribution in [-0.4, -0.2) is 22.7 Å². The number of nitrogens with zero attached hydrogens (tertiary/aromatic N) is 3. The van der Waals surface area contributed by atoms with Crippen LogP contribution in [0, 0.1) is 0 Å². The van der Waals surface area contributed by atoms with Crippen molar-refractivity contribution in [1.29, 1.82) is 0 Å². The van der Waals surface area contributed by atoms with E-state index in [0.717, 1.165) is 23.4 Å². The highest BCUT2D eigenvalue weighted by Gasteiger charge is 2.32. The van der Waals surface area contributed by atoms with Crippen molar-refractivity contribution in [2.45, 2.75) is 12.6 Å². The van der Waals surface area contributed by atoms with Gasteiger partial charge in [0, 0.05) is 24.4 Å². The van der Waals surface area contributed by atoms with Gasteiger partial charge in [0.15, 0.2) is 0 Å². The fraction of sp³-hybridized carbons (Fsp3) is 0.188. The third kappa shape index (κ3) is 3.56. The monoisotopic (exact) mass is 319 g/mol. The van der Waals surface area contributed by atoms with Gasteiger partial charge in [0.2, 0.25) is 5.88 Å². The molecule has 0 bridgehead atoms. The second-order valence-corrected chi connectivity index (χ2v) is 4.82. The molecule has 0 aromatic carbocycles. The predicted molar refractivity (Wildman–Crippen MR) is 79.5 cm³/mol. The van der Waals surface area contributed by atoms with Gasteiger partial charge < -0.3 is 4.74 Å². The van der Waals surface area contributed by atoms with Crippen LogP contribution in [0.2, 0.25) is 0 Å². The number of pyridine rings is 2. The predicted octanol–water partition coefficient (Wildman–Crippen LogP) is 4.15. The van der Waals surface area contributed by atoms with Gasteiger partial charge in [-0.2, -0.15) is 13.2 Å². The van der Waals surface area contributed by atoms with Crippen LogP contribution in [0.25, 0.3) is 5.57 Å². The molecule has 0 aliphatic carbocycles. The fourth-order valence-electron chi connectivity index (χ4n) is 2.14. The Morgan fingerprint density at radius 1 is 1.09 bits per heavy atom. The molecule has 0 fully saturated rings. The van der Waals surface area contributed by atoms with Crippen molar-refractivity contribution in [2.75, 3.05) is 6.54 Å². The molecule has 0 saturated carbocycles. The third-order valence-corrected chi connectivity index (χ3v) is 3.24. The van der Waals surface area contributed by atoms with Crippen molar-refractivity contribution < 1.29 is 17.9 Å². The summed E-state index contributed by atoms with van der Waals surface area (Å²) in [5, 5.41) is 0. The minimum Gasteiger partial charge on any atom is -0.437 e. The highest BCUT2D eigenvalue weighted by Crippen LogP contribution is 2.32. The Morgan fingerprint density at radius 3 is 2.61 bits per heavy atom. The van der Waals surface area contributed by atoms with Crippen LogP contribution < -0.4 is 4.74 Å². The topological polar surface area (TPSA) is 47.4 Å². The summed E-state index contributed by atoms with van der Waals surface area (Å²) >= 11 is 0. The van der Waals surface area contributed by atoms with Crippen molar-refractivity contribution in [3.05, 3.63) is 54.0 Å². The Kier molecular flexibility index (Phi) is 4.10. The molecule has 0 saturated heterocycles. The second kappa shape index (κ2) is 6.20. The maximum Gasteiger partial charge on any atom is 0.433 e. The first-order valence-corrected chi connectivity index (χ1v) is 6.88. The molecule has 3 rings (SSSR count).